The summed E-state index contributed by atoms with van der Waals surface area (Å²) in [5, 5.41) is 0.894. The summed E-state index contributed by atoms with van der Waals surface area (Å²) in [6.07, 6.45) is 7.01. The Morgan fingerprint density at radius 3 is 2.45 bits per heavy atom. The molecule has 0 amide bonds. The molecule has 0 fully saturated rings. The SMILES string of the molecule is [NH3+]Cc1ccc(-c2nc3nc(-n4ccnc4)ncc3cc2-c2ccccc2)cc1. The Hall–Kier alpha value is -3.90. The van der Waals surface area contributed by atoms with Gasteiger partial charge in [-0.3, -0.25) is 4.57 Å². The van der Waals surface area contributed by atoms with Gasteiger partial charge in [0.05, 0.1) is 12.2 Å². The third kappa shape index (κ3) is 3.26. The van der Waals surface area contributed by atoms with Crippen molar-refractivity contribution in [1.29, 1.82) is 0 Å². The minimum absolute atomic E-state index is 0.549. The summed E-state index contributed by atoms with van der Waals surface area (Å²) in [7, 11) is 0. The highest BCUT2D eigenvalue weighted by atomic mass is 15.2. The molecule has 29 heavy (non-hydrogen) atoms. The highest BCUT2D eigenvalue weighted by Gasteiger charge is 2.13. The van der Waals surface area contributed by atoms with E-state index in [0.717, 1.165) is 34.3 Å². The van der Waals surface area contributed by atoms with E-state index in [2.05, 4.69) is 63.2 Å². The fraction of sp³-hybridized carbons (Fsp3) is 0.0435. The zero-order valence-electron chi connectivity index (χ0n) is 15.7. The zero-order chi connectivity index (χ0) is 19.6. The van der Waals surface area contributed by atoms with Gasteiger partial charge in [0.1, 0.15) is 6.33 Å². The molecular formula is C23H19N6+. The van der Waals surface area contributed by atoms with Crippen molar-refractivity contribution >= 4 is 11.0 Å². The van der Waals surface area contributed by atoms with Gasteiger partial charge >= 0.3 is 0 Å². The van der Waals surface area contributed by atoms with Crippen LogP contribution in [0.4, 0.5) is 0 Å². The molecule has 0 saturated carbocycles. The van der Waals surface area contributed by atoms with Crippen molar-refractivity contribution in [1.82, 2.24) is 24.5 Å². The van der Waals surface area contributed by atoms with Crippen LogP contribution in [0.1, 0.15) is 5.56 Å². The summed E-state index contributed by atoms with van der Waals surface area (Å²) in [6, 6.07) is 20.8. The number of hydrogen-bond donors (Lipinski definition) is 1. The first-order chi connectivity index (χ1) is 14.3. The quantitative estimate of drug-likeness (QED) is 0.519. The monoisotopic (exact) mass is 379 g/mol. The normalized spacial score (nSPS) is 11.1. The molecule has 0 aliphatic rings. The van der Waals surface area contributed by atoms with E-state index >= 15 is 0 Å². The smallest absolute Gasteiger partial charge is 0.236 e. The van der Waals surface area contributed by atoms with Crippen molar-refractivity contribution in [2.24, 2.45) is 0 Å². The van der Waals surface area contributed by atoms with Crippen LogP contribution in [0.5, 0.6) is 0 Å². The molecule has 6 heteroatoms. The van der Waals surface area contributed by atoms with E-state index in [1.54, 1.807) is 17.1 Å². The zero-order valence-corrected chi connectivity index (χ0v) is 15.7. The predicted molar refractivity (Wildman–Crippen MR) is 112 cm³/mol. The van der Waals surface area contributed by atoms with Crippen molar-refractivity contribution in [3.63, 3.8) is 0 Å². The molecule has 140 valence electrons. The maximum atomic E-state index is 4.95. The topological polar surface area (TPSA) is 84.1 Å². The van der Waals surface area contributed by atoms with Gasteiger partial charge < -0.3 is 5.73 Å². The van der Waals surface area contributed by atoms with Crippen molar-refractivity contribution in [3.8, 4) is 28.3 Å². The molecule has 0 aliphatic carbocycles. The Kier molecular flexibility index (Phi) is 4.31. The number of aromatic nitrogens is 5. The van der Waals surface area contributed by atoms with Crippen LogP contribution >= 0.6 is 0 Å². The van der Waals surface area contributed by atoms with E-state index < -0.39 is 0 Å². The highest BCUT2D eigenvalue weighted by molar-refractivity contribution is 5.90. The molecule has 2 aromatic carbocycles. The van der Waals surface area contributed by atoms with Crippen molar-refractivity contribution in [2.75, 3.05) is 0 Å². The Morgan fingerprint density at radius 2 is 1.72 bits per heavy atom. The van der Waals surface area contributed by atoms with Gasteiger partial charge in [-0.15, -0.1) is 0 Å². The van der Waals surface area contributed by atoms with Crippen molar-refractivity contribution in [3.05, 3.63) is 91.1 Å². The molecule has 0 saturated heterocycles. The second-order valence-electron chi connectivity index (χ2n) is 6.75. The van der Waals surface area contributed by atoms with E-state index in [-0.39, 0.29) is 0 Å². The molecule has 0 radical (unpaired) electrons. The summed E-state index contributed by atoms with van der Waals surface area (Å²) in [4.78, 5) is 18.2. The van der Waals surface area contributed by atoms with Gasteiger partial charge in [-0.25, -0.2) is 15.0 Å². The molecule has 0 atom stereocenters. The van der Waals surface area contributed by atoms with Crippen LogP contribution in [0.2, 0.25) is 0 Å². The Labute approximate surface area is 167 Å². The summed E-state index contributed by atoms with van der Waals surface area (Å²) in [5.41, 5.74) is 9.91. The Morgan fingerprint density at radius 1 is 0.897 bits per heavy atom. The van der Waals surface area contributed by atoms with E-state index in [1.165, 1.54) is 5.56 Å². The van der Waals surface area contributed by atoms with Crippen LogP contribution in [-0.2, 0) is 6.54 Å². The average molecular weight is 379 g/mol. The van der Waals surface area contributed by atoms with E-state index in [4.69, 9.17) is 4.98 Å². The lowest BCUT2D eigenvalue weighted by Crippen LogP contribution is -2.47. The number of quaternary nitrogens is 1. The third-order valence-corrected chi connectivity index (χ3v) is 4.89. The lowest BCUT2D eigenvalue weighted by Gasteiger charge is -2.12. The number of imidazole rings is 1. The summed E-state index contributed by atoms with van der Waals surface area (Å²) in [6.45, 7) is 0.762. The van der Waals surface area contributed by atoms with E-state index in [1.807, 2.05) is 30.6 Å². The van der Waals surface area contributed by atoms with Gasteiger partial charge in [0.25, 0.3) is 0 Å². The summed E-state index contributed by atoms with van der Waals surface area (Å²) in [5.74, 6) is 0.549. The number of hydrogen-bond acceptors (Lipinski definition) is 4. The fourth-order valence-electron chi connectivity index (χ4n) is 3.34. The largest absolute Gasteiger partial charge is 0.354 e. The number of benzene rings is 2. The van der Waals surface area contributed by atoms with Gasteiger partial charge in [-0.1, -0.05) is 54.6 Å². The molecular weight excluding hydrogens is 360 g/mol. The summed E-state index contributed by atoms with van der Waals surface area (Å²) < 4.78 is 1.77. The second kappa shape index (κ2) is 7.26. The molecule has 6 nitrogen and oxygen atoms in total. The first kappa shape index (κ1) is 17.2. The molecule has 0 spiro atoms. The van der Waals surface area contributed by atoms with Gasteiger partial charge in [-0.05, 0) is 11.6 Å². The second-order valence-corrected chi connectivity index (χ2v) is 6.75. The van der Waals surface area contributed by atoms with Crippen molar-refractivity contribution < 1.29 is 5.73 Å². The molecule has 3 heterocycles. The molecule has 0 unspecified atom stereocenters. The van der Waals surface area contributed by atoms with Gasteiger partial charge in [0, 0.05) is 40.7 Å². The minimum Gasteiger partial charge on any atom is -0.354 e. The number of pyridine rings is 1. The predicted octanol–water partition coefficient (Wildman–Crippen LogP) is 3.29. The molecule has 0 aliphatic heterocycles. The van der Waals surface area contributed by atoms with Crippen LogP contribution in [0.15, 0.2) is 85.6 Å². The average Bonchev–Trinajstić information content (AvgIpc) is 3.33. The maximum absolute atomic E-state index is 4.95. The van der Waals surface area contributed by atoms with E-state index in [0.29, 0.717) is 11.6 Å². The molecule has 0 bridgehead atoms. The fourth-order valence-corrected chi connectivity index (χ4v) is 3.34. The van der Waals surface area contributed by atoms with Gasteiger partial charge in [0.15, 0.2) is 5.65 Å². The Bertz CT molecular complexity index is 1260. The number of nitrogens with zero attached hydrogens (tertiary/aromatic N) is 5. The standard InChI is InChI=1S/C23H18N6/c24-13-16-6-8-18(9-7-16)21-20(17-4-2-1-3-5-17)12-19-14-26-23(28-22(19)27-21)29-11-10-25-15-29/h1-12,14-15H,13,24H2/p+1. The number of rotatable bonds is 4. The van der Waals surface area contributed by atoms with Crippen molar-refractivity contribution in [2.45, 2.75) is 6.54 Å². The van der Waals surface area contributed by atoms with E-state index in [9.17, 15) is 0 Å². The lowest BCUT2D eigenvalue weighted by molar-refractivity contribution is -0.386. The first-order valence-corrected chi connectivity index (χ1v) is 9.42. The maximum Gasteiger partial charge on any atom is 0.236 e. The van der Waals surface area contributed by atoms with Gasteiger partial charge in [0.2, 0.25) is 5.95 Å². The van der Waals surface area contributed by atoms with Crippen LogP contribution in [-0.4, -0.2) is 24.5 Å². The lowest BCUT2D eigenvalue weighted by atomic mass is 9.98. The molecule has 3 aromatic heterocycles. The Balaban J connectivity index is 1.73. The minimum atomic E-state index is 0.549. The van der Waals surface area contributed by atoms with Gasteiger partial charge in [-0.2, -0.15) is 4.98 Å². The van der Waals surface area contributed by atoms with Crippen LogP contribution in [0.25, 0.3) is 39.4 Å². The first-order valence-electron chi connectivity index (χ1n) is 9.42. The van der Waals surface area contributed by atoms with Crippen LogP contribution < -0.4 is 5.73 Å². The van der Waals surface area contributed by atoms with Crippen LogP contribution in [0, 0.1) is 0 Å². The third-order valence-electron chi connectivity index (χ3n) is 4.89. The highest BCUT2D eigenvalue weighted by Crippen LogP contribution is 2.33. The molecule has 5 rings (SSSR count). The van der Waals surface area contributed by atoms with Crippen LogP contribution in [0.3, 0.4) is 0 Å². The molecule has 3 N–H and O–H groups in total. The summed E-state index contributed by atoms with van der Waals surface area (Å²) >= 11 is 0. The number of fused-ring (bicyclic) bond motifs is 1. The molecule has 5 aromatic rings.